The van der Waals surface area contributed by atoms with Crippen molar-refractivity contribution in [3.8, 4) is 0 Å². The van der Waals surface area contributed by atoms with Crippen molar-refractivity contribution in [1.29, 1.82) is 0 Å². The van der Waals surface area contributed by atoms with Crippen molar-refractivity contribution in [2.75, 3.05) is 13.2 Å². The van der Waals surface area contributed by atoms with Gasteiger partial charge in [-0.3, -0.25) is 0 Å². The van der Waals surface area contributed by atoms with Gasteiger partial charge in [-0.2, -0.15) is 0 Å². The molecular weight excluding hydrogens is 290 g/mol. The second-order valence-electron chi connectivity index (χ2n) is 6.73. The third-order valence-electron chi connectivity index (χ3n) is 5.30. The predicted octanol–water partition coefficient (Wildman–Crippen LogP) is 4.24. The number of ether oxygens (including phenoxy) is 1. The van der Waals surface area contributed by atoms with E-state index in [0.717, 1.165) is 19.8 Å². The van der Waals surface area contributed by atoms with E-state index in [-0.39, 0.29) is 0 Å². The number of fused-ring (bicyclic) bond motifs is 1. The maximum absolute atomic E-state index is 5.64. The summed E-state index contributed by atoms with van der Waals surface area (Å²) in [5.41, 5.74) is 4.81. The molecule has 116 valence electrons. The number of benzene rings is 1. The second-order valence-corrected chi connectivity index (χ2v) is 7.85. The SMILES string of the molecule is Cc1cc(CNC2c3ccccc3CC23CCOCC3)cs1. The Morgan fingerprint density at radius 2 is 2.09 bits per heavy atom. The zero-order valence-corrected chi connectivity index (χ0v) is 13.9. The number of hydrogen-bond acceptors (Lipinski definition) is 3. The molecule has 1 fully saturated rings. The highest BCUT2D eigenvalue weighted by Crippen LogP contribution is 2.51. The minimum absolute atomic E-state index is 0.354. The number of rotatable bonds is 3. The van der Waals surface area contributed by atoms with E-state index in [2.05, 4.69) is 48.0 Å². The van der Waals surface area contributed by atoms with E-state index in [4.69, 9.17) is 4.74 Å². The van der Waals surface area contributed by atoms with Gasteiger partial charge in [-0.15, -0.1) is 11.3 Å². The Bertz CT molecular complexity index is 657. The molecule has 1 atom stereocenters. The monoisotopic (exact) mass is 313 g/mol. The van der Waals surface area contributed by atoms with Crippen LogP contribution in [-0.2, 0) is 17.7 Å². The molecule has 1 saturated heterocycles. The maximum Gasteiger partial charge on any atom is 0.0472 e. The molecule has 1 unspecified atom stereocenters. The van der Waals surface area contributed by atoms with Crippen molar-refractivity contribution in [2.45, 2.75) is 38.8 Å². The molecule has 2 heterocycles. The van der Waals surface area contributed by atoms with Crippen LogP contribution in [0.4, 0.5) is 0 Å². The average Bonchev–Trinajstić information content (AvgIpc) is 3.07. The summed E-state index contributed by atoms with van der Waals surface area (Å²) in [5.74, 6) is 0. The van der Waals surface area contributed by atoms with E-state index in [0.29, 0.717) is 11.5 Å². The Labute approximate surface area is 136 Å². The van der Waals surface area contributed by atoms with Crippen LogP contribution in [0.25, 0.3) is 0 Å². The summed E-state index contributed by atoms with van der Waals surface area (Å²) < 4.78 is 5.64. The fourth-order valence-electron chi connectivity index (χ4n) is 4.17. The van der Waals surface area contributed by atoms with Gasteiger partial charge in [0.05, 0.1) is 0 Å². The van der Waals surface area contributed by atoms with Crippen molar-refractivity contribution in [3.63, 3.8) is 0 Å². The van der Waals surface area contributed by atoms with Gasteiger partial charge in [0.15, 0.2) is 0 Å². The summed E-state index contributed by atoms with van der Waals surface area (Å²) in [6.07, 6.45) is 3.54. The lowest BCUT2D eigenvalue weighted by atomic mass is 9.74. The van der Waals surface area contributed by atoms with Crippen LogP contribution in [0.15, 0.2) is 35.7 Å². The molecule has 0 saturated carbocycles. The average molecular weight is 313 g/mol. The normalized spacial score (nSPS) is 22.9. The molecular formula is C19H23NOS. The van der Waals surface area contributed by atoms with E-state index in [9.17, 15) is 0 Å². The Morgan fingerprint density at radius 1 is 1.27 bits per heavy atom. The first-order chi connectivity index (χ1) is 10.8. The molecule has 22 heavy (non-hydrogen) atoms. The van der Waals surface area contributed by atoms with E-state index in [1.165, 1.54) is 40.8 Å². The van der Waals surface area contributed by atoms with Gasteiger partial charge >= 0.3 is 0 Å². The van der Waals surface area contributed by atoms with Gasteiger partial charge in [-0.25, -0.2) is 0 Å². The van der Waals surface area contributed by atoms with Crippen molar-refractivity contribution >= 4 is 11.3 Å². The van der Waals surface area contributed by atoms with E-state index in [1.54, 1.807) is 0 Å². The molecule has 1 spiro atoms. The predicted molar refractivity (Wildman–Crippen MR) is 91.3 cm³/mol. The number of nitrogens with one attached hydrogen (secondary N) is 1. The first-order valence-electron chi connectivity index (χ1n) is 8.20. The molecule has 2 aliphatic rings. The van der Waals surface area contributed by atoms with Crippen LogP contribution in [0.1, 0.15) is 40.5 Å². The van der Waals surface area contributed by atoms with Crippen LogP contribution in [0.3, 0.4) is 0 Å². The fourth-order valence-corrected chi connectivity index (χ4v) is 4.88. The first-order valence-corrected chi connectivity index (χ1v) is 9.08. The maximum atomic E-state index is 5.64. The first kappa shape index (κ1) is 14.4. The minimum atomic E-state index is 0.354. The number of hydrogen-bond donors (Lipinski definition) is 1. The van der Waals surface area contributed by atoms with Gasteiger partial charge in [0.1, 0.15) is 0 Å². The Balaban J connectivity index is 1.60. The molecule has 0 bridgehead atoms. The van der Waals surface area contributed by atoms with Crippen molar-refractivity contribution < 1.29 is 4.74 Å². The molecule has 2 nitrogen and oxygen atoms in total. The zero-order chi connectivity index (χ0) is 15.0. The van der Waals surface area contributed by atoms with Gasteiger partial charge in [0.25, 0.3) is 0 Å². The molecule has 3 heteroatoms. The van der Waals surface area contributed by atoms with Crippen LogP contribution >= 0.6 is 11.3 Å². The standard InChI is InChI=1S/C19H23NOS/c1-14-10-15(13-22-14)12-20-18-17-5-3-2-4-16(17)11-19(18)6-8-21-9-7-19/h2-5,10,13,18,20H,6-9,11-12H2,1H3. The summed E-state index contributed by atoms with van der Waals surface area (Å²) >= 11 is 1.84. The Hall–Kier alpha value is -1.16. The van der Waals surface area contributed by atoms with Crippen LogP contribution < -0.4 is 5.32 Å². The Kier molecular flexibility index (Phi) is 3.81. The summed E-state index contributed by atoms with van der Waals surface area (Å²) in [5, 5.41) is 6.16. The summed E-state index contributed by atoms with van der Waals surface area (Å²) in [7, 11) is 0. The van der Waals surface area contributed by atoms with Gasteiger partial charge in [-0.05, 0) is 59.7 Å². The molecule has 1 aliphatic heterocycles. The second kappa shape index (κ2) is 5.80. The minimum Gasteiger partial charge on any atom is -0.381 e. The zero-order valence-electron chi connectivity index (χ0n) is 13.1. The summed E-state index contributed by atoms with van der Waals surface area (Å²) in [6, 6.07) is 11.7. The van der Waals surface area contributed by atoms with Gasteiger partial charge in [-0.1, -0.05) is 24.3 Å². The molecule has 0 radical (unpaired) electrons. The van der Waals surface area contributed by atoms with Crippen molar-refractivity contribution in [2.24, 2.45) is 5.41 Å². The summed E-state index contributed by atoms with van der Waals surface area (Å²) in [4.78, 5) is 1.39. The quantitative estimate of drug-likeness (QED) is 0.915. The third kappa shape index (κ3) is 2.51. The van der Waals surface area contributed by atoms with Crippen LogP contribution in [-0.4, -0.2) is 13.2 Å². The van der Waals surface area contributed by atoms with Gasteiger partial charge in [0.2, 0.25) is 0 Å². The van der Waals surface area contributed by atoms with Gasteiger partial charge < -0.3 is 10.1 Å². The molecule has 4 rings (SSSR count). The Morgan fingerprint density at radius 3 is 2.86 bits per heavy atom. The van der Waals surface area contributed by atoms with E-state index < -0.39 is 0 Å². The van der Waals surface area contributed by atoms with Crippen molar-refractivity contribution in [3.05, 3.63) is 57.3 Å². The largest absolute Gasteiger partial charge is 0.381 e. The molecule has 1 aromatic carbocycles. The molecule has 1 aliphatic carbocycles. The smallest absolute Gasteiger partial charge is 0.0472 e. The van der Waals surface area contributed by atoms with Crippen LogP contribution in [0.5, 0.6) is 0 Å². The summed E-state index contributed by atoms with van der Waals surface area (Å²) in [6.45, 7) is 4.96. The van der Waals surface area contributed by atoms with E-state index in [1.807, 2.05) is 11.3 Å². The highest BCUT2D eigenvalue weighted by Gasteiger charge is 2.46. The fraction of sp³-hybridized carbons (Fsp3) is 0.474. The lowest BCUT2D eigenvalue weighted by Gasteiger charge is -2.39. The van der Waals surface area contributed by atoms with Crippen molar-refractivity contribution in [1.82, 2.24) is 5.32 Å². The molecule has 1 N–H and O–H groups in total. The third-order valence-corrected chi connectivity index (χ3v) is 6.21. The molecule has 1 aromatic heterocycles. The van der Waals surface area contributed by atoms with Crippen LogP contribution in [0, 0.1) is 12.3 Å². The lowest BCUT2D eigenvalue weighted by molar-refractivity contribution is -0.000219. The molecule has 2 aromatic rings. The topological polar surface area (TPSA) is 21.3 Å². The number of aryl methyl sites for hydroxylation is 1. The van der Waals surface area contributed by atoms with Crippen LogP contribution in [0.2, 0.25) is 0 Å². The lowest BCUT2D eigenvalue weighted by Crippen LogP contribution is -2.39. The highest BCUT2D eigenvalue weighted by atomic mass is 32.1. The molecule has 0 amide bonds. The highest BCUT2D eigenvalue weighted by molar-refractivity contribution is 7.10. The van der Waals surface area contributed by atoms with Gasteiger partial charge in [0, 0.05) is 30.7 Å². The number of thiophene rings is 1. The van der Waals surface area contributed by atoms with E-state index >= 15 is 0 Å².